The topological polar surface area (TPSA) is 9.23 Å². The van der Waals surface area contributed by atoms with Gasteiger partial charge in [-0.25, -0.2) is 8.78 Å². The van der Waals surface area contributed by atoms with Crippen molar-refractivity contribution in [3.8, 4) is 5.75 Å². The third-order valence-electron chi connectivity index (χ3n) is 2.50. The smallest absolute Gasteiger partial charge is 0.165 e. The number of benzene rings is 2. The van der Waals surface area contributed by atoms with Crippen LogP contribution in [0.5, 0.6) is 5.75 Å². The van der Waals surface area contributed by atoms with E-state index in [0.29, 0.717) is 5.56 Å². The van der Waals surface area contributed by atoms with Crippen molar-refractivity contribution in [2.45, 2.75) is 13.5 Å². The van der Waals surface area contributed by atoms with Crippen LogP contribution in [0.25, 0.3) is 0 Å². The SMILES string of the molecule is Cc1ccc(F)c(OCc2cccc(Cl)c2F)c1. The molecule has 0 aliphatic heterocycles. The van der Waals surface area contributed by atoms with Crippen molar-refractivity contribution >= 4 is 11.6 Å². The summed E-state index contributed by atoms with van der Waals surface area (Å²) < 4.78 is 32.3. The van der Waals surface area contributed by atoms with E-state index in [0.717, 1.165) is 5.56 Å². The van der Waals surface area contributed by atoms with Crippen molar-refractivity contribution in [1.82, 2.24) is 0 Å². The van der Waals surface area contributed by atoms with Crippen LogP contribution < -0.4 is 4.74 Å². The number of ether oxygens (including phenoxy) is 1. The van der Waals surface area contributed by atoms with Crippen molar-refractivity contribution < 1.29 is 13.5 Å². The van der Waals surface area contributed by atoms with Gasteiger partial charge in [0.05, 0.1) is 5.02 Å². The summed E-state index contributed by atoms with van der Waals surface area (Å²) in [5.41, 5.74) is 1.17. The van der Waals surface area contributed by atoms with Crippen LogP contribution in [0, 0.1) is 18.6 Å². The Morgan fingerprint density at radius 3 is 2.72 bits per heavy atom. The maximum Gasteiger partial charge on any atom is 0.165 e. The highest BCUT2D eigenvalue weighted by molar-refractivity contribution is 6.30. The molecule has 0 amide bonds. The molecule has 0 saturated carbocycles. The summed E-state index contributed by atoms with van der Waals surface area (Å²) in [4.78, 5) is 0. The zero-order valence-electron chi connectivity index (χ0n) is 9.71. The van der Waals surface area contributed by atoms with E-state index in [9.17, 15) is 8.78 Å². The second kappa shape index (κ2) is 5.36. The van der Waals surface area contributed by atoms with E-state index < -0.39 is 11.6 Å². The van der Waals surface area contributed by atoms with Gasteiger partial charge in [-0.15, -0.1) is 0 Å². The molecule has 4 heteroatoms. The normalized spacial score (nSPS) is 10.4. The Balaban J connectivity index is 2.16. The van der Waals surface area contributed by atoms with Gasteiger partial charge in [0.1, 0.15) is 12.4 Å². The zero-order valence-corrected chi connectivity index (χ0v) is 10.5. The van der Waals surface area contributed by atoms with Crippen molar-refractivity contribution in [2.75, 3.05) is 0 Å². The molecule has 0 aliphatic carbocycles. The molecule has 2 rings (SSSR count). The molecule has 2 aromatic rings. The van der Waals surface area contributed by atoms with Crippen LogP contribution >= 0.6 is 11.6 Å². The molecule has 0 saturated heterocycles. The summed E-state index contributed by atoms with van der Waals surface area (Å²) in [6, 6.07) is 9.15. The summed E-state index contributed by atoms with van der Waals surface area (Å²) in [7, 11) is 0. The van der Waals surface area contributed by atoms with Crippen molar-refractivity contribution in [3.05, 3.63) is 64.2 Å². The predicted octanol–water partition coefficient (Wildman–Crippen LogP) is 4.51. The summed E-state index contributed by atoms with van der Waals surface area (Å²) in [6.45, 7) is 1.76. The third-order valence-corrected chi connectivity index (χ3v) is 2.79. The highest BCUT2D eigenvalue weighted by Crippen LogP contribution is 2.22. The highest BCUT2D eigenvalue weighted by Gasteiger charge is 2.08. The van der Waals surface area contributed by atoms with E-state index >= 15 is 0 Å². The van der Waals surface area contributed by atoms with Crippen LogP contribution in [0.1, 0.15) is 11.1 Å². The van der Waals surface area contributed by atoms with E-state index in [1.54, 1.807) is 24.3 Å². The monoisotopic (exact) mass is 268 g/mol. The van der Waals surface area contributed by atoms with Gasteiger partial charge in [0, 0.05) is 5.56 Å². The van der Waals surface area contributed by atoms with Crippen LogP contribution in [0.15, 0.2) is 36.4 Å². The molecular weight excluding hydrogens is 258 g/mol. The van der Waals surface area contributed by atoms with Crippen LogP contribution in [0.2, 0.25) is 5.02 Å². The molecule has 0 fully saturated rings. The van der Waals surface area contributed by atoms with E-state index in [4.69, 9.17) is 16.3 Å². The lowest BCUT2D eigenvalue weighted by molar-refractivity contribution is 0.284. The summed E-state index contributed by atoms with van der Waals surface area (Å²) in [6.07, 6.45) is 0. The molecule has 0 aromatic heterocycles. The molecule has 2 aromatic carbocycles. The first kappa shape index (κ1) is 12.8. The quantitative estimate of drug-likeness (QED) is 0.796. The maximum atomic E-state index is 13.6. The molecular formula is C14H11ClF2O. The van der Waals surface area contributed by atoms with E-state index in [1.165, 1.54) is 12.1 Å². The minimum Gasteiger partial charge on any atom is -0.486 e. The van der Waals surface area contributed by atoms with Crippen LogP contribution in [0.3, 0.4) is 0 Å². The lowest BCUT2D eigenvalue weighted by Gasteiger charge is -2.09. The Kier molecular flexibility index (Phi) is 3.82. The molecule has 0 radical (unpaired) electrons. The van der Waals surface area contributed by atoms with Gasteiger partial charge < -0.3 is 4.74 Å². The summed E-state index contributed by atoms with van der Waals surface area (Å²) in [5.74, 6) is -0.898. The molecule has 0 N–H and O–H groups in total. The molecule has 0 heterocycles. The Hall–Kier alpha value is -1.61. The van der Waals surface area contributed by atoms with Gasteiger partial charge in [0.15, 0.2) is 11.6 Å². The molecule has 0 spiro atoms. The molecule has 0 aliphatic rings. The lowest BCUT2D eigenvalue weighted by Crippen LogP contribution is -2.00. The fourth-order valence-electron chi connectivity index (χ4n) is 1.54. The maximum absolute atomic E-state index is 13.6. The Morgan fingerprint density at radius 1 is 1.17 bits per heavy atom. The summed E-state index contributed by atoms with van der Waals surface area (Å²) in [5, 5.41) is 0.0285. The second-order valence-electron chi connectivity index (χ2n) is 3.94. The fraction of sp³-hybridized carbons (Fsp3) is 0.143. The largest absolute Gasteiger partial charge is 0.486 e. The predicted molar refractivity (Wildman–Crippen MR) is 66.9 cm³/mol. The van der Waals surface area contributed by atoms with Crippen LogP contribution in [-0.4, -0.2) is 0 Å². The number of rotatable bonds is 3. The first-order valence-electron chi connectivity index (χ1n) is 5.40. The minimum absolute atomic E-state index is 0.0285. The first-order valence-corrected chi connectivity index (χ1v) is 5.77. The molecule has 0 bridgehead atoms. The molecule has 1 nitrogen and oxygen atoms in total. The zero-order chi connectivity index (χ0) is 13.1. The van der Waals surface area contributed by atoms with Gasteiger partial charge >= 0.3 is 0 Å². The molecule has 0 unspecified atom stereocenters. The summed E-state index contributed by atoms with van der Waals surface area (Å²) >= 11 is 5.65. The van der Waals surface area contributed by atoms with Gasteiger partial charge in [0.25, 0.3) is 0 Å². The van der Waals surface area contributed by atoms with Gasteiger partial charge in [0.2, 0.25) is 0 Å². The van der Waals surface area contributed by atoms with Gasteiger partial charge in [-0.2, -0.15) is 0 Å². The average Bonchev–Trinajstić information content (AvgIpc) is 2.35. The van der Waals surface area contributed by atoms with E-state index in [1.807, 2.05) is 6.92 Å². The minimum atomic E-state index is -0.535. The molecule has 18 heavy (non-hydrogen) atoms. The van der Waals surface area contributed by atoms with Crippen molar-refractivity contribution in [1.29, 1.82) is 0 Å². The standard InChI is InChI=1S/C14H11ClF2O/c1-9-5-6-12(16)13(7-9)18-8-10-3-2-4-11(15)14(10)17/h2-7H,8H2,1H3. The second-order valence-corrected chi connectivity index (χ2v) is 4.34. The lowest BCUT2D eigenvalue weighted by atomic mass is 10.2. The molecule has 94 valence electrons. The average molecular weight is 269 g/mol. The number of halogens is 3. The Labute approximate surface area is 109 Å². The molecule has 0 atom stereocenters. The Morgan fingerprint density at radius 2 is 1.94 bits per heavy atom. The number of hydrogen-bond acceptors (Lipinski definition) is 1. The first-order chi connectivity index (χ1) is 8.58. The van der Waals surface area contributed by atoms with E-state index in [-0.39, 0.29) is 17.4 Å². The number of aryl methyl sites for hydroxylation is 1. The van der Waals surface area contributed by atoms with Gasteiger partial charge in [-0.3, -0.25) is 0 Å². The van der Waals surface area contributed by atoms with Crippen molar-refractivity contribution in [2.24, 2.45) is 0 Å². The number of hydrogen-bond donors (Lipinski definition) is 0. The fourth-order valence-corrected chi connectivity index (χ4v) is 1.73. The van der Waals surface area contributed by atoms with Gasteiger partial charge in [-0.05, 0) is 30.7 Å². The van der Waals surface area contributed by atoms with Crippen molar-refractivity contribution in [3.63, 3.8) is 0 Å². The van der Waals surface area contributed by atoms with E-state index in [2.05, 4.69) is 0 Å². The highest BCUT2D eigenvalue weighted by atomic mass is 35.5. The Bertz CT molecular complexity index is 568. The van der Waals surface area contributed by atoms with Crippen LogP contribution in [0.4, 0.5) is 8.78 Å². The van der Waals surface area contributed by atoms with Gasteiger partial charge in [-0.1, -0.05) is 29.8 Å². The van der Waals surface area contributed by atoms with Crippen LogP contribution in [-0.2, 0) is 6.61 Å². The third kappa shape index (κ3) is 2.79.